The average molecular weight is 651 g/mol. The zero-order valence-corrected chi connectivity index (χ0v) is 26.5. The van der Waals surface area contributed by atoms with E-state index in [0.29, 0.717) is 29.7 Å². The van der Waals surface area contributed by atoms with Gasteiger partial charge in [-0.15, -0.1) is 11.3 Å². The smallest absolute Gasteiger partial charge is 0.319 e. The molecule has 0 saturated carbocycles. The third kappa shape index (κ3) is 4.43. The molecule has 0 radical (unpaired) electrons. The molecule has 3 saturated heterocycles. The van der Waals surface area contributed by atoms with Crippen LogP contribution in [-0.4, -0.2) is 88.9 Å². The summed E-state index contributed by atoms with van der Waals surface area (Å²) < 4.78 is 58.9. The number of benzene rings is 1. The molecule has 4 aliphatic heterocycles. The summed E-state index contributed by atoms with van der Waals surface area (Å²) in [6.45, 7) is 4.14. The number of halogens is 3. The van der Waals surface area contributed by atoms with Gasteiger partial charge in [0, 0.05) is 48.7 Å². The molecule has 1 aromatic carbocycles. The number of thiophene rings is 1. The highest BCUT2D eigenvalue weighted by molar-refractivity contribution is 7.23. The highest BCUT2D eigenvalue weighted by Gasteiger charge is 2.43. The Morgan fingerprint density at radius 3 is 2.54 bits per heavy atom. The van der Waals surface area contributed by atoms with Gasteiger partial charge in [0.05, 0.1) is 40.8 Å². The number of hydrogen-bond donors (Lipinski definition) is 1. The Kier molecular flexibility index (Phi) is 7.02. The molecule has 14 heteroatoms. The molecule has 8 rings (SSSR count). The maximum absolute atomic E-state index is 17.3. The first-order chi connectivity index (χ1) is 22.1. The van der Waals surface area contributed by atoms with Crippen LogP contribution < -0.4 is 15.4 Å². The number of fused-ring (bicyclic) bond motifs is 6. The molecule has 10 nitrogen and oxygen atoms in total. The minimum Gasteiger partial charge on any atom is -0.459 e. The van der Waals surface area contributed by atoms with E-state index in [-0.39, 0.29) is 74.8 Å². The lowest BCUT2D eigenvalue weighted by atomic mass is 9.93. The molecule has 0 spiro atoms. The average Bonchev–Trinajstić information content (AvgIpc) is 3.77. The van der Waals surface area contributed by atoms with E-state index < -0.39 is 23.9 Å². The second kappa shape index (κ2) is 10.9. The Morgan fingerprint density at radius 1 is 1.11 bits per heavy atom. The second-order valence-electron chi connectivity index (χ2n) is 13.0. The molecule has 46 heavy (non-hydrogen) atoms. The summed E-state index contributed by atoms with van der Waals surface area (Å²) in [6.07, 6.45) is 1.88. The summed E-state index contributed by atoms with van der Waals surface area (Å²) in [6, 6.07) is 2.20. The van der Waals surface area contributed by atoms with Crippen LogP contribution in [0.4, 0.5) is 24.0 Å². The summed E-state index contributed by atoms with van der Waals surface area (Å²) >= 11 is 0.932. The molecule has 2 bridgehead atoms. The van der Waals surface area contributed by atoms with Gasteiger partial charge in [-0.05, 0) is 51.4 Å². The van der Waals surface area contributed by atoms with Crippen LogP contribution in [0.15, 0.2) is 6.20 Å². The van der Waals surface area contributed by atoms with E-state index in [4.69, 9.17) is 20.2 Å². The number of hydrogen-bond acceptors (Lipinski definition) is 11. The van der Waals surface area contributed by atoms with E-state index in [1.165, 1.54) is 0 Å². The van der Waals surface area contributed by atoms with Crippen molar-refractivity contribution in [3.8, 4) is 23.3 Å². The highest BCUT2D eigenvalue weighted by Crippen LogP contribution is 2.48. The van der Waals surface area contributed by atoms with E-state index in [0.717, 1.165) is 49.0 Å². The standard InChI is InChI=1S/C32H33F3N8O2S/c1-14(22-6-15(33)9-42(22)3)45-32-39-28-25(31(40-32)43-16-4-5-17(43)11-41(2)10-16)20-13-44-12-19(20)23(26(28)35)27-24-18(7-36)30(37)46-29(24)21(34)8-38-27/h8,14-17,22H,4-6,9-13,37H2,1-3H3/t14?,15-,16?,17?,22+/m1/s1. The number of piperazine rings is 1. The Balaban J connectivity index is 1.37. The summed E-state index contributed by atoms with van der Waals surface area (Å²) in [5, 5.41) is 10.8. The molecular weight excluding hydrogens is 617 g/mol. The summed E-state index contributed by atoms with van der Waals surface area (Å²) in [7, 11) is 3.96. The fraction of sp³-hybridized carbons (Fsp3) is 0.500. The molecule has 3 unspecified atom stereocenters. The van der Waals surface area contributed by atoms with Crippen LogP contribution in [0.1, 0.15) is 42.9 Å². The Morgan fingerprint density at radius 2 is 1.85 bits per heavy atom. The highest BCUT2D eigenvalue weighted by atomic mass is 32.1. The lowest BCUT2D eigenvalue weighted by Crippen LogP contribution is -2.53. The molecule has 2 N–H and O–H groups in total. The first-order valence-electron chi connectivity index (χ1n) is 15.5. The zero-order chi connectivity index (χ0) is 32.0. The molecule has 4 aromatic rings. The zero-order valence-electron chi connectivity index (χ0n) is 25.7. The van der Waals surface area contributed by atoms with Gasteiger partial charge in [-0.3, -0.25) is 9.88 Å². The van der Waals surface area contributed by atoms with E-state index in [2.05, 4.69) is 32.9 Å². The number of anilines is 2. The maximum atomic E-state index is 17.3. The van der Waals surface area contributed by atoms with Gasteiger partial charge in [-0.25, -0.2) is 13.2 Å². The summed E-state index contributed by atoms with van der Waals surface area (Å²) in [4.78, 5) is 20.5. The van der Waals surface area contributed by atoms with Crippen LogP contribution in [0.25, 0.3) is 32.2 Å². The number of likely N-dealkylation sites (tertiary alicyclic amines) is 2. The lowest BCUT2D eigenvalue weighted by molar-refractivity contribution is 0.112. The van der Waals surface area contributed by atoms with Gasteiger partial charge in [-0.2, -0.15) is 15.2 Å². The van der Waals surface area contributed by atoms with E-state index in [1.54, 1.807) is 0 Å². The summed E-state index contributed by atoms with van der Waals surface area (Å²) in [5.74, 6) is -0.728. The van der Waals surface area contributed by atoms with Gasteiger partial charge in [0.1, 0.15) is 34.7 Å². The van der Waals surface area contributed by atoms with Crippen LogP contribution in [0.5, 0.6) is 6.01 Å². The van der Waals surface area contributed by atoms with Gasteiger partial charge in [0.2, 0.25) is 0 Å². The van der Waals surface area contributed by atoms with Gasteiger partial charge < -0.3 is 25.0 Å². The molecule has 0 amide bonds. The number of alkyl halides is 1. The monoisotopic (exact) mass is 650 g/mol. The molecule has 3 aromatic heterocycles. The van der Waals surface area contributed by atoms with Crippen molar-refractivity contribution in [3.63, 3.8) is 0 Å². The van der Waals surface area contributed by atoms with Crippen LogP contribution in [0.2, 0.25) is 0 Å². The SMILES string of the molecule is CC(Oc1nc(N2C3CCC2CN(C)C3)c2c3c(c(-c4ncc(F)c5sc(N)c(C#N)c45)c(F)c2n1)COC3)[C@@H]1C[C@@H](F)CN1C. The normalized spacial score (nSPS) is 25.5. The van der Waals surface area contributed by atoms with Crippen molar-refractivity contribution in [1.82, 2.24) is 24.8 Å². The largest absolute Gasteiger partial charge is 0.459 e. The molecule has 5 atom stereocenters. The third-order valence-electron chi connectivity index (χ3n) is 10.1. The number of ether oxygens (including phenoxy) is 2. The van der Waals surface area contributed by atoms with Crippen molar-refractivity contribution in [2.24, 2.45) is 0 Å². The van der Waals surface area contributed by atoms with Crippen molar-refractivity contribution in [3.05, 3.63) is 34.5 Å². The van der Waals surface area contributed by atoms with E-state index in [1.807, 2.05) is 18.9 Å². The molecule has 4 aliphatic rings. The molecule has 0 aliphatic carbocycles. The van der Waals surface area contributed by atoms with Gasteiger partial charge in [0.15, 0.2) is 11.6 Å². The minimum atomic E-state index is -0.956. The van der Waals surface area contributed by atoms with Crippen LogP contribution in [0.3, 0.4) is 0 Å². The van der Waals surface area contributed by atoms with Gasteiger partial charge in [0.25, 0.3) is 0 Å². The maximum Gasteiger partial charge on any atom is 0.319 e. The predicted octanol–water partition coefficient (Wildman–Crippen LogP) is 4.76. The second-order valence-corrected chi connectivity index (χ2v) is 14.0. The van der Waals surface area contributed by atoms with Crippen molar-refractivity contribution in [1.29, 1.82) is 5.26 Å². The lowest BCUT2D eigenvalue weighted by Gasteiger charge is -2.41. The van der Waals surface area contributed by atoms with Crippen molar-refractivity contribution in [2.75, 3.05) is 44.4 Å². The van der Waals surface area contributed by atoms with E-state index >= 15 is 4.39 Å². The number of nitrogen functional groups attached to an aromatic ring is 1. The van der Waals surface area contributed by atoms with Gasteiger partial charge >= 0.3 is 6.01 Å². The topological polar surface area (TPSA) is 117 Å². The number of nitrogens with two attached hydrogens (primary N) is 1. The summed E-state index contributed by atoms with van der Waals surface area (Å²) in [5.41, 5.74) is 7.70. The fourth-order valence-corrected chi connectivity index (χ4v) is 9.01. The third-order valence-corrected chi connectivity index (χ3v) is 11.1. The number of likely N-dealkylation sites (N-methyl/N-ethyl adjacent to an activating group) is 2. The molecular formula is C32H33F3N8O2S. The molecule has 7 heterocycles. The van der Waals surface area contributed by atoms with Gasteiger partial charge in [-0.1, -0.05) is 0 Å². The fourth-order valence-electron chi connectivity index (χ4n) is 8.08. The molecule has 240 valence electrons. The Bertz CT molecular complexity index is 1930. The van der Waals surface area contributed by atoms with Crippen molar-refractivity contribution < 1.29 is 22.6 Å². The molecule has 3 fully saturated rings. The van der Waals surface area contributed by atoms with Crippen LogP contribution in [-0.2, 0) is 18.0 Å². The van der Waals surface area contributed by atoms with Crippen LogP contribution >= 0.6 is 11.3 Å². The van der Waals surface area contributed by atoms with Crippen molar-refractivity contribution in [2.45, 2.75) is 69.8 Å². The number of aromatic nitrogens is 3. The first kappa shape index (κ1) is 29.6. The quantitative estimate of drug-likeness (QED) is 0.324. The van der Waals surface area contributed by atoms with Crippen molar-refractivity contribution >= 4 is 43.1 Å². The Hall–Kier alpha value is -3.77. The number of nitriles is 1. The van der Waals surface area contributed by atoms with E-state index in [9.17, 15) is 14.0 Å². The number of rotatable bonds is 5. The predicted molar refractivity (Wildman–Crippen MR) is 168 cm³/mol. The Labute approximate surface area is 267 Å². The number of nitrogens with zero attached hydrogens (tertiary/aromatic N) is 7. The number of pyridine rings is 1. The minimum absolute atomic E-state index is 0.00227. The first-order valence-corrected chi connectivity index (χ1v) is 16.3. The van der Waals surface area contributed by atoms with Crippen LogP contribution in [0, 0.1) is 23.0 Å².